The summed E-state index contributed by atoms with van der Waals surface area (Å²) in [5.41, 5.74) is 5.32. The Kier molecular flexibility index (Phi) is 32.8. The van der Waals surface area contributed by atoms with Crippen LogP contribution in [-0.2, 0) is 32.7 Å². The molecule has 0 rings (SSSR count). The van der Waals surface area contributed by atoms with Gasteiger partial charge in [-0.15, -0.1) is 0 Å². The maximum absolute atomic E-state index is 12.5. The Morgan fingerprint density at radius 2 is 1.13 bits per heavy atom. The van der Waals surface area contributed by atoms with E-state index < -0.39 is 32.5 Å². The molecule has 0 aliphatic rings. The van der Waals surface area contributed by atoms with Crippen LogP contribution >= 0.6 is 7.82 Å². The van der Waals surface area contributed by atoms with Crippen molar-refractivity contribution in [3.8, 4) is 0 Å². The molecule has 2 atom stereocenters. The number of phosphoric acid groups is 1. The average molecular weight is 686 g/mol. The van der Waals surface area contributed by atoms with E-state index in [-0.39, 0.29) is 32.6 Å². The van der Waals surface area contributed by atoms with Gasteiger partial charge >= 0.3 is 19.8 Å². The van der Waals surface area contributed by atoms with E-state index in [9.17, 15) is 19.0 Å². The van der Waals surface area contributed by atoms with Crippen molar-refractivity contribution in [3.63, 3.8) is 0 Å². The Morgan fingerprint density at radius 1 is 0.638 bits per heavy atom. The number of ether oxygens (including phenoxy) is 2. The molecule has 0 heterocycles. The number of phosphoric ester groups is 1. The number of carbonyl (C=O) groups excluding carboxylic acids is 2. The molecule has 0 saturated carbocycles. The quantitative estimate of drug-likeness (QED) is 0.0294. The summed E-state index contributed by atoms with van der Waals surface area (Å²) in [4.78, 5) is 34.6. The normalized spacial score (nSPS) is 13.9. The van der Waals surface area contributed by atoms with Gasteiger partial charge in [0.15, 0.2) is 6.10 Å². The number of unbranched alkanes of at least 4 members (excludes halogenated alkanes) is 15. The number of hydrogen-bond donors (Lipinski definition) is 2. The minimum Gasteiger partial charge on any atom is -0.462 e. The van der Waals surface area contributed by atoms with Crippen molar-refractivity contribution in [1.82, 2.24) is 0 Å². The van der Waals surface area contributed by atoms with Crippen molar-refractivity contribution in [3.05, 3.63) is 36.5 Å². The molecular weight excluding hydrogens is 617 g/mol. The van der Waals surface area contributed by atoms with Crippen LogP contribution in [0.2, 0.25) is 0 Å². The zero-order valence-electron chi connectivity index (χ0n) is 29.8. The van der Waals surface area contributed by atoms with Crippen LogP contribution in [0.1, 0.15) is 155 Å². The van der Waals surface area contributed by atoms with E-state index in [4.69, 9.17) is 24.3 Å². The van der Waals surface area contributed by atoms with Crippen molar-refractivity contribution in [1.29, 1.82) is 0 Å². The summed E-state index contributed by atoms with van der Waals surface area (Å²) >= 11 is 0. The minimum atomic E-state index is -4.37. The van der Waals surface area contributed by atoms with Crippen molar-refractivity contribution in [2.75, 3.05) is 26.4 Å². The second-order valence-electron chi connectivity index (χ2n) is 12.1. The first kappa shape index (κ1) is 45.2. The lowest BCUT2D eigenvalue weighted by molar-refractivity contribution is -0.161. The molecule has 0 amide bonds. The fourth-order valence-electron chi connectivity index (χ4n) is 4.70. The highest BCUT2D eigenvalue weighted by molar-refractivity contribution is 7.47. The molecule has 0 radical (unpaired) electrons. The van der Waals surface area contributed by atoms with E-state index in [0.717, 1.165) is 83.5 Å². The van der Waals surface area contributed by atoms with Gasteiger partial charge in [-0.2, -0.15) is 0 Å². The average Bonchev–Trinajstić information content (AvgIpc) is 3.05. The van der Waals surface area contributed by atoms with Gasteiger partial charge in [-0.1, -0.05) is 115 Å². The van der Waals surface area contributed by atoms with Crippen LogP contribution in [0.15, 0.2) is 36.5 Å². The van der Waals surface area contributed by atoms with Gasteiger partial charge in [0.2, 0.25) is 0 Å². The Balaban J connectivity index is 4.29. The highest BCUT2D eigenvalue weighted by Crippen LogP contribution is 2.43. The fraction of sp³-hybridized carbons (Fsp3) is 0.784. The number of rotatable bonds is 34. The molecule has 0 saturated heterocycles. The lowest BCUT2D eigenvalue weighted by atomic mass is 10.1. The molecule has 1 unspecified atom stereocenters. The number of hydrogen-bond acceptors (Lipinski definition) is 8. The van der Waals surface area contributed by atoms with Crippen molar-refractivity contribution in [2.24, 2.45) is 5.73 Å². The molecule has 274 valence electrons. The van der Waals surface area contributed by atoms with E-state index in [0.29, 0.717) is 6.42 Å². The van der Waals surface area contributed by atoms with Gasteiger partial charge in [-0.25, -0.2) is 4.57 Å². The third-order valence-electron chi connectivity index (χ3n) is 7.50. The molecule has 0 aromatic rings. The van der Waals surface area contributed by atoms with Gasteiger partial charge in [0.25, 0.3) is 0 Å². The maximum Gasteiger partial charge on any atom is 0.472 e. The largest absolute Gasteiger partial charge is 0.472 e. The summed E-state index contributed by atoms with van der Waals surface area (Å²) < 4.78 is 32.6. The molecule has 9 nitrogen and oxygen atoms in total. The highest BCUT2D eigenvalue weighted by atomic mass is 31.2. The summed E-state index contributed by atoms with van der Waals surface area (Å²) in [7, 11) is -4.37. The third-order valence-corrected chi connectivity index (χ3v) is 8.48. The van der Waals surface area contributed by atoms with Crippen molar-refractivity contribution in [2.45, 2.75) is 161 Å². The summed E-state index contributed by atoms with van der Waals surface area (Å²) in [5, 5.41) is 0. The molecule has 0 spiro atoms. The molecule has 0 fully saturated rings. The minimum absolute atomic E-state index is 0.0492. The lowest BCUT2D eigenvalue weighted by Gasteiger charge is -2.19. The Hall–Kier alpha value is -1.77. The lowest BCUT2D eigenvalue weighted by Crippen LogP contribution is -2.29. The van der Waals surface area contributed by atoms with Crippen LogP contribution in [0.5, 0.6) is 0 Å². The predicted molar refractivity (Wildman–Crippen MR) is 192 cm³/mol. The van der Waals surface area contributed by atoms with Crippen LogP contribution in [-0.4, -0.2) is 49.3 Å². The number of carbonyl (C=O) groups is 2. The Bertz CT molecular complexity index is 876. The summed E-state index contributed by atoms with van der Waals surface area (Å²) in [6.45, 7) is 3.62. The van der Waals surface area contributed by atoms with E-state index in [1.165, 1.54) is 38.5 Å². The molecule has 0 aromatic heterocycles. The van der Waals surface area contributed by atoms with E-state index in [1.807, 2.05) is 0 Å². The summed E-state index contributed by atoms with van der Waals surface area (Å²) in [6, 6.07) is 0. The van der Waals surface area contributed by atoms with Crippen molar-refractivity contribution < 1.29 is 37.6 Å². The zero-order chi connectivity index (χ0) is 34.7. The Morgan fingerprint density at radius 3 is 1.70 bits per heavy atom. The SMILES string of the molecule is CCCC/C=C/C/C=C/CCCCCCCC(=O)O[C@H](COC(=O)CCCCCCC/C=C/CCCCC)COP(=O)(O)OCCN. The first-order chi connectivity index (χ1) is 22.8. The zero-order valence-corrected chi connectivity index (χ0v) is 30.7. The number of esters is 2. The second kappa shape index (κ2) is 34.1. The van der Waals surface area contributed by atoms with Gasteiger partial charge in [0.1, 0.15) is 6.61 Å². The molecule has 10 heteroatoms. The van der Waals surface area contributed by atoms with Gasteiger partial charge in [0, 0.05) is 19.4 Å². The van der Waals surface area contributed by atoms with Gasteiger partial charge in [0.05, 0.1) is 13.2 Å². The van der Waals surface area contributed by atoms with E-state index in [2.05, 4.69) is 50.3 Å². The third kappa shape index (κ3) is 33.9. The van der Waals surface area contributed by atoms with Crippen LogP contribution in [0.3, 0.4) is 0 Å². The van der Waals surface area contributed by atoms with Crippen molar-refractivity contribution >= 4 is 19.8 Å². The van der Waals surface area contributed by atoms with Crippen LogP contribution in [0, 0.1) is 0 Å². The number of nitrogens with two attached hydrogens (primary N) is 1. The number of allylic oxidation sites excluding steroid dienone is 6. The maximum atomic E-state index is 12.5. The predicted octanol–water partition coefficient (Wildman–Crippen LogP) is 9.82. The van der Waals surface area contributed by atoms with Crippen LogP contribution < -0.4 is 5.73 Å². The smallest absolute Gasteiger partial charge is 0.462 e. The summed E-state index contributed by atoms with van der Waals surface area (Å²) in [6.07, 6.45) is 34.6. The molecule has 47 heavy (non-hydrogen) atoms. The first-order valence-electron chi connectivity index (χ1n) is 18.5. The Labute approximate surface area is 286 Å². The molecule has 0 aromatic carbocycles. The monoisotopic (exact) mass is 685 g/mol. The first-order valence-corrected chi connectivity index (χ1v) is 20.0. The van der Waals surface area contributed by atoms with Crippen LogP contribution in [0.25, 0.3) is 0 Å². The fourth-order valence-corrected chi connectivity index (χ4v) is 5.47. The molecule has 3 N–H and O–H groups in total. The standard InChI is InChI=1S/C37H68NO8P/c1-3-5-7-9-11-13-15-17-18-20-22-24-26-28-30-37(40)46-35(34-45-47(41,42)44-32-31-38)33-43-36(39)29-27-25-23-21-19-16-14-12-10-8-6-4-2/h9,11-12,14-15,17,35H,3-8,10,13,16,18-34,38H2,1-2H3,(H,41,42)/b11-9+,14-12+,17-15+/t35-/m1/s1. The molecule has 0 aliphatic carbocycles. The van der Waals surface area contributed by atoms with Gasteiger partial charge in [-0.3, -0.25) is 18.6 Å². The summed E-state index contributed by atoms with van der Waals surface area (Å²) in [5.74, 6) is -0.859. The van der Waals surface area contributed by atoms with Crippen LogP contribution in [0.4, 0.5) is 0 Å². The molecule has 0 aliphatic heterocycles. The van der Waals surface area contributed by atoms with E-state index >= 15 is 0 Å². The topological polar surface area (TPSA) is 134 Å². The highest BCUT2D eigenvalue weighted by Gasteiger charge is 2.25. The second-order valence-corrected chi connectivity index (χ2v) is 13.5. The van der Waals surface area contributed by atoms with E-state index in [1.54, 1.807) is 0 Å². The van der Waals surface area contributed by atoms with Gasteiger partial charge in [-0.05, 0) is 64.2 Å². The molecular formula is C37H68NO8P. The molecule has 0 bridgehead atoms. The van der Waals surface area contributed by atoms with Gasteiger partial charge < -0.3 is 20.1 Å².